The molecule has 3 heterocycles. The van der Waals surface area contributed by atoms with Gasteiger partial charge < -0.3 is 0 Å². The summed E-state index contributed by atoms with van der Waals surface area (Å²) in [5.74, 6) is 0.936. The van der Waals surface area contributed by atoms with Gasteiger partial charge in [-0.2, -0.15) is 5.10 Å². The van der Waals surface area contributed by atoms with Crippen LogP contribution in [0.3, 0.4) is 0 Å². The Hall–Kier alpha value is -2.53. The average molecular weight is 361 g/mol. The van der Waals surface area contributed by atoms with Crippen LogP contribution < -0.4 is 0 Å². The molecule has 1 aromatic carbocycles. The lowest BCUT2D eigenvalue weighted by atomic mass is 9.95. The van der Waals surface area contributed by atoms with E-state index in [1.54, 1.807) is 0 Å². The fourth-order valence-corrected chi connectivity index (χ4v) is 3.51. The zero-order valence-electron chi connectivity index (χ0n) is 16.6. The van der Waals surface area contributed by atoms with Crippen molar-refractivity contribution in [2.24, 2.45) is 0 Å². The Labute approximate surface area is 160 Å². The Bertz CT molecular complexity index is 934. The third kappa shape index (κ3) is 3.78. The third-order valence-electron chi connectivity index (χ3n) is 5.14. The molecule has 1 aliphatic heterocycles. The number of nitrogens with one attached hydrogen (secondary N) is 1. The molecule has 0 spiro atoms. The van der Waals surface area contributed by atoms with E-state index in [0.717, 1.165) is 37.6 Å². The number of nitrogens with zero attached hydrogens (tertiary/aromatic N) is 4. The lowest BCUT2D eigenvalue weighted by Crippen LogP contribution is -2.32. The Morgan fingerprint density at radius 3 is 2.63 bits per heavy atom. The van der Waals surface area contributed by atoms with E-state index < -0.39 is 0 Å². The zero-order valence-corrected chi connectivity index (χ0v) is 16.6. The number of rotatable bonds is 3. The van der Waals surface area contributed by atoms with E-state index in [1.807, 2.05) is 12.4 Å². The highest BCUT2D eigenvalue weighted by atomic mass is 15.2. The van der Waals surface area contributed by atoms with Crippen molar-refractivity contribution in [3.8, 4) is 11.3 Å². The molecule has 1 aliphatic rings. The van der Waals surface area contributed by atoms with Crippen molar-refractivity contribution in [1.82, 2.24) is 25.1 Å². The van der Waals surface area contributed by atoms with E-state index >= 15 is 0 Å². The number of aryl methyl sites for hydroxylation is 1. The van der Waals surface area contributed by atoms with Gasteiger partial charge in [0.05, 0.1) is 11.9 Å². The predicted molar refractivity (Wildman–Crippen MR) is 107 cm³/mol. The molecular weight excluding hydrogens is 334 g/mol. The minimum atomic E-state index is -0.00804. The van der Waals surface area contributed by atoms with Gasteiger partial charge in [-0.05, 0) is 12.5 Å². The molecule has 0 unspecified atom stereocenters. The molecule has 5 nitrogen and oxygen atoms in total. The topological polar surface area (TPSA) is 57.7 Å². The molecule has 0 radical (unpaired) electrons. The summed E-state index contributed by atoms with van der Waals surface area (Å²) in [4.78, 5) is 11.9. The SMILES string of the molecule is Cc1ccc(-c2[nH]ncc2CN2CCc3nc(C(C)(C)C)ncc3C2)cc1. The van der Waals surface area contributed by atoms with Gasteiger partial charge in [-0.25, -0.2) is 9.97 Å². The van der Waals surface area contributed by atoms with Crippen molar-refractivity contribution in [1.29, 1.82) is 0 Å². The molecule has 4 rings (SSSR count). The monoisotopic (exact) mass is 361 g/mol. The van der Waals surface area contributed by atoms with Gasteiger partial charge in [0.1, 0.15) is 5.82 Å². The molecule has 27 heavy (non-hydrogen) atoms. The summed E-state index contributed by atoms with van der Waals surface area (Å²) in [6, 6.07) is 8.59. The molecule has 2 aromatic heterocycles. The van der Waals surface area contributed by atoms with Gasteiger partial charge in [-0.15, -0.1) is 0 Å². The first-order chi connectivity index (χ1) is 12.9. The zero-order chi connectivity index (χ0) is 19.0. The maximum absolute atomic E-state index is 4.83. The lowest BCUT2D eigenvalue weighted by molar-refractivity contribution is 0.242. The van der Waals surface area contributed by atoms with Crippen LogP contribution in [0.5, 0.6) is 0 Å². The normalized spacial score (nSPS) is 15.0. The number of aromatic nitrogens is 4. The summed E-state index contributed by atoms with van der Waals surface area (Å²) >= 11 is 0. The smallest absolute Gasteiger partial charge is 0.133 e. The van der Waals surface area contributed by atoms with Crippen LogP contribution in [-0.4, -0.2) is 31.6 Å². The fourth-order valence-electron chi connectivity index (χ4n) is 3.51. The molecule has 0 fully saturated rings. The molecule has 0 atom stereocenters. The molecule has 5 heteroatoms. The third-order valence-corrected chi connectivity index (χ3v) is 5.14. The minimum absolute atomic E-state index is 0.00804. The Morgan fingerprint density at radius 2 is 1.89 bits per heavy atom. The van der Waals surface area contributed by atoms with E-state index in [0.29, 0.717) is 0 Å². The number of aromatic amines is 1. The van der Waals surface area contributed by atoms with Crippen molar-refractivity contribution in [2.75, 3.05) is 6.54 Å². The average Bonchev–Trinajstić information content (AvgIpc) is 3.09. The van der Waals surface area contributed by atoms with Crippen LogP contribution in [0.15, 0.2) is 36.7 Å². The highest BCUT2D eigenvalue weighted by Gasteiger charge is 2.23. The second kappa shape index (κ2) is 6.89. The van der Waals surface area contributed by atoms with Gasteiger partial charge >= 0.3 is 0 Å². The molecule has 0 aliphatic carbocycles. The van der Waals surface area contributed by atoms with Crippen LogP contribution in [0.2, 0.25) is 0 Å². The summed E-state index contributed by atoms with van der Waals surface area (Å²) in [7, 11) is 0. The highest BCUT2D eigenvalue weighted by Crippen LogP contribution is 2.26. The van der Waals surface area contributed by atoms with Crippen molar-refractivity contribution in [3.63, 3.8) is 0 Å². The predicted octanol–water partition coefficient (Wildman–Crippen LogP) is 4.03. The van der Waals surface area contributed by atoms with Crippen LogP contribution in [0, 0.1) is 6.92 Å². The Morgan fingerprint density at radius 1 is 1.11 bits per heavy atom. The summed E-state index contributed by atoms with van der Waals surface area (Å²) in [6.45, 7) is 11.4. The Balaban J connectivity index is 1.51. The number of fused-ring (bicyclic) bond motifs is 1. The van der Waals surface area contributed by atoms with E-state index in [4.69, 9.17) is 4.98 Å². The van der Waals surface area contributed by atoms with Gasteiger partial charge in [0, 0.05) is 54.5 Å². The van der Waals surface area contributed by atoms with Crippen LogP contribution in [0.1, 0.15) is 49.0 Å². The quantitative estimate of drug-likeness (QED) is 0.765. The molecular formula is C22H27N5. The first-order valence-corrected chi connectivity index (χ1v) is 9.57. The lowest BCUT2D eigenvalue weighted by Gasteiger charge is -2.29. The van der Waals surface area contributed by atoms with Gasteiger partial charge in [0.2, 0.25) is 0 Å². The Kier molecular flexibility index (Phi) is 4.56. The molecule has 0 saturated heterocycles. The number of hydrogen-bond acceptors (Lipinski definition) is 4. The second-order valence-electron chi connectivity index (χ2n) is 8.51. The molecule has 0 bridgehead atoms. The van der Waals surface area contributed by atoms with Crippen molar-refractivity contribution in [3.05, 3.63) is 64.9 Å². The first kappa shape index (κ1) is 17.9. The molecule has 140 valence electrons. The first-order valence-electron chi connectivity index (χ1n) is 9.57. The van der Waals surface area contributed by atoms with E-state index in [-0.39, 0.29) is 5.41 Å². The summed E-state index contributed by atoms with van der Waals surface area (Å²) in [5.41, 5.74) is 7.23. The standard InChI is InChI=1S/C22H27N5/c1-15-5-7-16(8-6-15)20-18(12-24-26-20)14-27-10-9-19-17(13-27)11-23-21(25-19)22(2,3)4/h5-8,11-12H,9-10,13-14H2,1-4H3,(H,24,26). The van der Waals surface area contributed by atoms with Gasteiger partial charge in [-0.3, -0.25) is 10.00 Å². The van der Waals surface area contributed by atoms with Crippen molar-refractivity contribution in [2.45, 2.75) is 52.6 Å². The minimum Gasteiger partial charge on any atom is -0.294 e. The van der Waals surface area contributed by atoms with Crippen LogP contribution in [-0.2, 0) is 24.9 Å². The van der Waals surface area contributed by atoms with E-state index in [2.05, 4.69) is 72.0 Å². The largest absolute Gasteiger partial charge is 0.294 e. The number of H-pyrrole nitrogens is 1. The number of hydrogen-bond donors (Lipinski definition) is 1. The maximum Gasteiger partial charge on any atom is 0.133 e. The van der Waals surface area contributed by atoms with Crippen molar-refractivity contribution < 1.29 is 0 Å². The molecule has 0 amide bonds. The summed E-state index contributed by atoms with van der Waals surface area (Å²) < 4.78 is 0. The highest BCUT2D eigenvalue weighted by molar-refractivity contribution is 5.62. The van der Waals surface area contributed by atoms with E-state index in [1.165, 1.54) is 27.9 Å². The van der Waals surface area contributed by atoms with Gasteiger partial charge in [0.15, 0.2) is 0 Å². The fraction of sp³-hybridized carbons (Fsp3) is 0.409. The van der Waals surface area contributed by atoms with Crippen LogP contribution in [0.4, 0.5) is 0 Å². The molecule has 1 N–H and O–H groups in total. The summed E-state index contributed by atoms with van der Waals surface area (Å²) in [6.07, 6.45) is 4.94. The van der Waals surface area contributed by atoms with Crippen molar-refractivity contribution >= 4 is 0 Å². The molecule has 3 aromatic rings. The maximum atomic E-state index is 4.83. The summed E-state index contributed by atoms with van der Waals surface area (Å²) in [5, 5.41) is 7.47. The number of benzene rings is 1. The van der Waals surface area contributed by atoms with Gasteiger partial charge in [0.25, 0.3) is 0 Å². The van der Waals surface area contributed by atoms with Crippen LogP contribution >= 0.6 is 0 Å². The van der Waals surface area contributed by atoms with Gasteiger partial charge in [-0.1, -0.05) is 50.6 Å². The van der Waals surface area contributed by atoms with E-state index in [9.17, 15) is 0 Å². The van der Waals surface area contributed by atoms with Crippen LogP contribution in [0.25, 0.3) is 11.3 Å². The molecule has 0 saturated carbocycles. The second-order valence-corrected chi connectivity index (χ2v) is 8.51.